The van der Waals surface area contributed by atoms with E-state index in [-0.39, 0.29) is 6.42 Å². The van der Waals surface area contributed by atoms with Crippen molar-refractivity contribution in [1.29, 1.82) is 0 Å². The van der Waals surface area contributed by atoms with Crippen molar-refractivity contribution in [3.8, 4) is 0 Å². The van der Waals surface area contributed by atoms with Gasteiger partial charge in [0.2, 0.25) is 0 Å². The van der Waals surface area contributed by atoms with Gasteiger partial charge in [-0.25, -0.2) is 0 Å². The Morgan fingerprint density at radius 3 is 2.70 bits per heavy atom. The maximum Gasteiger partial charge on any atom is 0.306 e. The Hall–Kier alpha value is -0.690. The van der Waals surface area contributed by atoms with Crippen LogP contribution in [-0.2, 0) is 9.63 Å². The first-order chi connectivity index (χ1) is 4.52. The van der Waals surface area contributed by atoms with Crippen LogP contribution in [0.1, 0.15) is 13.3 Å². The molecule has 0 aromatic heterocycles. The summed E-state index contributed by atoms with van der Waals surface area (Å²) in [6.07, 6.45) is -1.14. The molecule has 10 heavy (non-hydrogen) atoms. The number of carboxylic acid groups (broad SMARTS) is 1. The quantitative estimate of drug-likeness (QED) is 0.546. The molecule has 0 saturated carbocycles. The summed E-state index contributed by atoms with van der Waals surface area (Å²) in [7, 11) is 0. The second kappa shape index (κ2) is 4.18. The maximum atomic E-state index is 9.91. The molecule has 0 aliphatic rings. The van der Waals surface area contributed by atoms with E-state index in [0.717, 1.165) is 0 Å². The Bertz CT molecular complexity index is 114. The number of rotatable bonds is 4. The smallest absolute Gasteiger partial charge is 0.306 e. The van der Waals surface area contributed by atoms with Crippen molar-refractivity contribution in [2.45, 2.75) is 19.4 Å². The number of carboxylic acids is 1. The Morgan fingerprint density at radius 2 is 2.40 bits per heavy atom. The molecular weight excluding hydrogens is 142 g/mol. The lowest BCUT2D eigenvalue weighted by Gasteiger charge is -2.21. The Labute approximate surface area is 57.1 Å². The minimum Gasteiger partial charge on any atom is -0.738 e. The van der Waals surface area contributed by atoms with E-state index in [9.17, 15) is 10.0 Å². The Balaban J connectivity index is 3.43. The van der Waals surface area contributed by atoms with E-state index in [1.807, 2.05) is 0 Å². The molecule has 60 valence electrons. The highest BCUT2D eigenvalue weighted by Gasteiger charge is 2.07. The first-order valence-electron chi connectivity index (χ1n) is 2.57. The zero-order chi connectivity index (χ0) is 8.15. The fourth-order valence-electron chi connectivity index (χ4n) is 0.437. The average molecular weight is 150 g/mol. The van der Waals surface area contributed by atoms with Crippen LogP contribution in [0.15, 0.2) is 0 Å². The molecule has 0 heterocycles. The molecule has 6 nitrogen and oxygen atoms in total. The highest BCUT2D eigenvalue weighted by Crippen LogP contribution is 1.97. The van der Waals surface area contributed by atoms with Crippen molar-refractivity contribution >= 4 is 5.97 Å². The lowest BCUT2D eigenvalue weighted by atomic mass is 10.3. The standard InChI is InChI=1S/C4H8NO5/c1-3(2-4(6)7)10-5(8)9/h3,8H,2H2,1H3,(H,6,7)/q-1/t3-/m1/s1. The van der Waals surface area contributed by atoms with E-state index in [1.165, 1.54) is 6.92 Å². The lowest BCUT2D eigenvalue weighted by molar-refractivity contribution is -0.325. The summed E-state index contributed by atoms with van der Waals surface area (Å²) < 4.78 is 0. The number of hydrogen-bond donors (Lipinski definition) is 2. The van der Waals surface area contributed by atoms with Gasteiger partial charge in [-0.1, -0.05) is 0 Å². The number of carbonyl (C=O) groups is 1. The van der Waals surface area contributed by atoms with E-state index in [2.05, 4.69) is 4.84 Å². The van der Waals surface area contributed by atoms with Gasteiger partial charge in [-0.15, -0.1) is 5.39 Å². The van der Waals surface area contributed by atoms with Gasteiger partial charge in [0.25, 0.3) is 0 Å². The fourth-order valence-corrected chi connectivity index (χ4v) is 0.437. The van der Waals surface area contributed by atoms with Crippen molar-refractivity contribution < 1.29 is 19.9 Å². The van der Waals surface area contributed by atoms with Gasteiger partial charge in [-0.3, -0.25) is 9.63 Å². The predicted octanol–water partition coefficient (Wildman–Crippen LogP) is -0.0298. The van der Waals surface area contributed by atoms with Gasteiger partial charge < -0.3 is 15.5 Å². The van der Waals surface area contributed by atoms with Crippen LogP contribution in [0.4, 0.5) is 0 Å². The summed E-state index contributed by atoms with van der Waals surface area (Å²) in [4.78, 5) is 13.9. The maximum absolute atomic E-state index is 9.91. The first kappa shape index (κ1) is 9.31. The van der Waals surface area contributed by atoms with Crippen LogP contribution in [-0.4, -0.2) is 27.8 Å². The predicted molar refractivity (Wildman–Crippen MR) is 29.8 cm³/mol. The largest absolute Gasteiger partial charge is 0.738 e. The first-order valence-corrected chi connectivity index (χ1v) is 2.57. The van der Waals surface area contributed by atoms with Crippen LogP contribution in [0, 0.1) is 5.21 Å². The third-order valence-corrected chi connectivity index (χ3v) is 0.732. The number of aliphatic carboxylic acids is 1. The molecule has 0 aromatic rings. The molecule has 0 aromatic carbocycles. The molecule has 0 amide bonds. The number of hydrogen-bond acceptors (Lipinski definition) is 5. The molecular formula is C4H8NO5-. The normalized spacial score (nSPS) is 13.6. The zero-order valence-corrected chi connectivity index (χ0v) is 5.35. The summed E-state index contributed by atoms with van der Waals surface area (Å²) in [5, 5.41) is 24.9. The van der Waals surface area contributed by atoms with Gasteiger partial charge in [0.1, 0.15) is 0 Å². The Morgan fingerprint density at radius 1 is 1.90 bits per heavy atom. The molecule has 0 fully saturated rings. The minimum absolute atomic E-state index is 0.320. The van der Waals surface area contributed by atoms with E-state index in [0.29, 0.717) is 0 Å². The third kappa shape index (κ3) is 5.45. The molecule has 0 bridgehead atoms. The summed E-state index contributed by atoms with van der Waals surface area (Å²) in [5.41, 5.74) is 0. The SMILES string of the molecule is C[C@H](CC(=O)O)ON([O-])O. The molecule has 2 N–H and O–H groups in total. The third-order valence-electron chi connectivity index (χ3n) is 0.732. The van der Waals surface area contributed by atoms with Gasteiger partial charge in [0, 0.05) is 0 Å². The van der Waals surface area contributed by atoms with Gasteiger partial charge in [-0.2, -0.15) is 0 Å². The van der Waals surface area contributed by atoms with Crippen LogP contribution < -0.4 is 0 Å². The van der Waals surface area contributed by atoms with E-state index in [4.69, 9.17) is 10.3 Å². The molecule has 0 aliphatic carbocycles. The van der Waals surface area contributed by atoms with Crippen molar-refractivity contribution in [2.75, 3.05) is 0 Å². The summed E-state index contributed by atoms with van der Waals surface area (Å²) in [6, 6.07) is 0. The molecule has 0 saturated heterocycles. The van der Waals surface area contributed by atoms with Gasteiger partial charge >= 0.3 is 5.97 Å². The highest BCUT2D eigenvalue weighted by atomic mass is 17.1. The molecule has 0 aliphatic heterocycles. The molecule has 6 heteroatoms. The van der Waals surface area contributed by atoms with Gasteiger partial charge in [0.05, 0.1) is 12.5 Å². The van der Waals surface area contributed by atoms with Crippen LogP contribution in [0.3, 0.4) is 0 Å². The van der Waals surface area contributed by atoms with E-state index < -0.39 is 17.5 Å². The lowest BCUT2D eigenvalue weighted by Crippen LogP contribution is -2.22. The second-order valence-corrected chi connectivity index (χ2v) is 1.75. The van der Waals surface area contributed by atoms with E-state index >= 15 is 0 Å². The van der Waals surface area contributed by atoms with Crippen LogP contribution in [0.2, 0.25) is 0 Å². The van der Waals surface area contributed by atoms with E-state index in [1.54, 1.807) is 0 Å². The van der Waals surface area contributed by atoms with Crippen molar-refractivity contribution in [3.05, 3.63) is 5.21 Å². The summed E-state index contributed by atoms with van der Waals surface area (Å²) in [5.74, 6) is -1.09. The van der Waals surface area contributed by atoms with Gasteiger partial charge in [-0.05, 0) is 6.92 Å². The van der Waals surface area contributed by atoms with Crippen LogP contribution >= 0.6 is 0 Å². The van der Waals surface area contributed by atoms with Crippen molar-refractivity contribution in [2.24, 2.45) is 0 Å². The number of nitrogens with zero attached hydrogens (tertiary/aromatic N) is 1. The summed E-state index contributed by atoms with van der Waals surface area (Å²) >= 11 is 0. The molecule has 0 spiro atoms. The summed E-state index contributed by atoms with van der Waals surface area (Å²) in [6.45, 7) is 1.36. The monoisotopic (exact) mass is 150 g/mol. The van der Waals surface area contributed by atoms with Crippen molar-refractivity contribution in [1.82, 2.24) is 5.39 Å². The second-order valence-electron chi connectivity index (χ2n) is 1.75. The van der Waals surface area contributed by atoms with Crippen LogP contribution in [0.5, 0.6) is 0 Å². The molecule has 0 radical (unpaired) electrons. The average Bonchev–Trinajstić information content (AvgIpc) is 1.58. The van der Waals surface area contributed by atoms with Gasteiger partial charge in [0.15, 0.2) is 0 Å². The highest BCUT2D eigenvalue weighted by molar-refractivity contribution is 5.67. The molecule has 0 rings (SSSR count). The topological polar surface area (TPSA) is 93.1 Å². The van der Waals surface area contributed by atoms with Crippen molar-refractivity contribution in [3.63, 3.8) is 0 Å². The minimum atomic E-state index is -1.09. The van der Waals surface area contributed by atoms with Crippen LogP contribution in [0.25, 0.3) is 0 Å². The fraction of sp³-hybridized carbons (Fsp3) is 0.750. The Kier molecular flexibility index (Phi) is 3.89. The molecule has 0 unspecified atom stereocenters. The zero-order valence-electron chi connectivity index (χ0n) is 5.35. The molecule has 1 atom stereocenters.